The summed E-state index contributed by atoms with van der Waals surface area (Å²) in [5, 5.41) is 9.34. The molecular weight excluding hydrogens is 254 g/mol. The van der Waals surface area contributed by atoms with Gasteiger partial charge in [0.2, 0.25) is 0 Å². The zero-order valence-electron chi connectivity index (χ0n) is 10.3. The predicted molar refractivity (Wildman–Crippen MR) is 69.2 cm³/mol. The fourth-order valence-electron chi connectivity index (χ4n) is 2.12. The molecule has 1 aliphatic rings. The molecular formula is C12H16ClN3O2. The van der Waals surface area contributed by atoms with Gasteiger partial charge in [0.15, 0.2) is 6.29 Å². The van der Waals surface area contributed by atoms with Gasteiger partial charge in [0, 0.05) is 12.6 Å². The van der Waals surface area contributed by atoms with Crippen molar-refractivity contribution in [3.8, 4) is 0 Å². The molecule has 1 aliphatic carbocycles. The van der Waals surface area contributed by atoms with E-state index in [1.54, 1.807) is 6.92 Å². The first-order valence-electron chi connectivity index (χ1n) is 6.04. The second kappa shape index (κ2) is 5.63. The van der Waals surface area contributed by atoms with Crippen LogP contribution in [0.15, 0.2) is 0 Å². The van der Waals surface area contributed by atoms with Gasteiger partial charge >= 0.3 is 0 Å². The van der Waals surface area contributed by atoms with Crippen LogP contribution in [0.2, 0.25) is 5.15 Å². The van der Waals surface area contributed by atoms with E-state index in [0.717, 1.165) is 12.8 Å². The lowest BCUT2D eigenvalue weighted by Gasteiger charge is -2.38. The lowest BCUT2D eigenvalue weighted by Crippen LogP contribution is -2.43. The SMILES string of the molecule is Cc1nc(Cl)c(C=O)c(N(CCO)C2CCC2)n1. The van der Waals surface area contributed by atoms with E-state index in [0.29, 0.717) is 36.1 Å². The minimum atomic E-state index is 0.0233. The molecule has 0 amide bonds. The van der Waals surface area contributed by atoms with E-state index < -0.39 is 0 Å². The molecule has 0 aromatic carbocycles. The number of nitrogens with zero attached hydrogens (tertiary/aromatic N) is 3. The van der Waals surface area contributed by atoms with E-state index in [-0.39, 0.29) is 11.8 Å². The van der Waals surface area contributed by atoms with Crippen LogP contribution in [0.1, 0.15) is 35.4 Å². The Labute approximate surface area is 111 Å². The Morgan fingerprint density at radius 2 is 2.22 bits per heavy atom. The Kier molecular flexibility index (Phi) is 4.14. The molecule has 0 radical (unpaired) electrons. The van der Waals surface area contributed by atoms with Gasteiger partial charge in [-0.3, -0.25) is 4.79 Å². The smallest absolute Gasteiger partial charge is 0.156 e. The van der Waals surface area contributed by atoms with Crippen molar-refractivity contribution in [2.75, 3.05) is 18.1 Å². The van der Waals surface area contributed by atoms with Crippen LogP contribution >= 0.6 is 11.6 Å². The van der Waals surface area contributed by atoms with Crippen molar-refractivity contribution in [1.29, 1.82) is 0 Å². The van der Waals surface area contributed by atoms with Crippen molar-refractivity contribution in [2.45, 2.75) is 32.2 Å². The Morgan fingerprint density at radius 1 is 1.50 bits per heavy atom. The van der Waals surface area contributed by atoms with Gasteiger partial charge in [-0.05, 0) is 26.2 Å². The van der Waals surface area contributed by atoms with E-state index in [1.807, 2.05) is 4.90 Å². The topological polar surface area (TPSA) is 66.3 Å². The molecule has 5 nitrogen and oxygen atoms in total. The highest BCUT2D eigenvalue weighted by molar-refractivity contribution is 6.32. The molecule has 0 spiro atoms. The van der Waals surface area contributed by atoms with Crippen molar-refractivity contribution < 1.29 is 9.90 Å². The summed E-state index contributed by atoms with van der Waals surface area (Å²) in [4.78, 5) is 21.4. The van der Waals surface area contributed by atoms with E-state index in [2.05, 4.69) is 9.97 Å². The number of carbonyl (C=O) groups is 1. The molecule has 98 valence electrons. The first-order chi connectivity index (χ1) is 8.67. The summed E-state index contributed by atoms with van der Waals surface area (Å²) in [7, 11) is 0. The Morgan fingerprint density at radius 3 is 2.72 bits per heavy atom. The van der Waals surface area contributed by atoms with Gasteiger partial charge in [0.1, 0.15) is 16.8 Å². The quantitative estimate of drug-likeness (QED) is 0.650. The molecule has 1 aromatic rings. The van der Waals surface area contributed by atoms with Gasteiger partial charge in [0.25, 0.3) is 0 Å². The molecule has 1 fully saturated rings. The largest absolute Gasteiger partial charge is 0.395 e. The number of carbonyl (C=O) groups excluding carboxylic acids is 1. The molecule has 18 heavy (non-hydrogen) atoms. The first kappa shape index (κ1) is 13.2. The number of aliphatic hydroxyl groups excluding tert-OH is 1. The fraction of sp³-hybridized carbons (Fsp3) is 0.583. The van der Waals surface area contributed by atoms with Crippen LogP contribution in [-0.4, -0.2) is 40.6 Å². The lowest BCUT2D eigenvalue weighted by molar-refractivity contribution is 0.112. The Hall–Kier alpha value is -1.20. The van der Waals surface area contributed by atoms with Gasteiger partial charge < -0.3 is 10.0 Å². The molecule has 6 heteroatoms. The van der Waals surface area contributed by atoms with Crippen LogP contribution in [0.5, 0.6) is 0 Å². The molecule has 1 aromatic heterocycles. The highest BCUT2D eigenvalue weighted by Gasteiger charge is 2.28. The first-order valence-corrected chi connectivity index (χ1v) is 6.42. The second-order valence-corrected chi connectivity index (χ2v) is 4.78. The zero-order valence-corrected chi connectivity index (χ0v) is 11.0. The van der Waals surface area contributed by atoms with E-state index in [9.17, 15) is 4.79 Å². The average Bonchev–Trinajstić information content (AvgIpc) is 2.25. The minimum absolute atomic E-state index is 0.0233. The Bertz CT molecular complexity index is 449. The number of halogens is 1. The lowest BCUT2D eigenvalue weighted by atomic mass is 9.91. The number of anilines is 1. The maximum absolute atomic E-state index is 11.1. The highest BCUT2D eigenvalue weighted by atomic mass is 35.5. The van der Waals surface area contributed by atoms with Gasteiger partial charge in [-0.25, -0.2) is 9.97 Å². The minimum Gasteiger partial charge on any atom is -0.395 e. The predicted octanol–water partition coefficient (Wildman–Crippen LogP) is 1.60. The molecule has 2 rings (SSSR count). The van der Waals surface area contributed by atoms with Gasteiger partial charge in [0.05, 0.1) is 12.2 Å². The van der Waals surface area contributed by atoms with E-state index in [4.69, 9.17) is 16.7 Å². The maximum Gasteiger partial charge on any atom is 0.156 e. The monoisotopic (exact) mass is 269 g/mol. The van der Waals surface area contributed by atoms with E-state index >= 15 is 0 Å². The third-order valence-electron chi connectivity index (χ3n) is 3.24. The highest BCUT2D eigenvalue weighted by Crippen LogP contribution is 2.31. The van der Waals surface area contributed by atoms with Crippen LogP contribution in [-0.2, 0) is 0 Å². The third-order valence-corrected chi connectivity index (χ3v) is 3.53. The second-order valence-electron chi connectivity index (χ2n) is 4.42. The van der Waals surface area contributed by atoms with Gasteiger partial charge in [-0.15, -0.1) is 0 Å². The van der Waals surface area contributed by atoms with Crippen LogP contribution in [0.3, 0.4) is 0 Å². The number of rotatable bonds is 5. The van der Waals surface area contributed by atoms with E-state index in [1.165, 1.54) is 6.42 Å². The number of aliphatic hydroxyl groups is 1. The summed E-state index contributed by atoms with van der Waals surface area (Å²) in [5.41, 5.74) is 0.308. The van der Waals surface area contributed by atoms with Crippen LogP contribution < -0.4 is 4.90 Å². The molecule has 0 aliphatic heterocycles. The van der Waals surface area contributed by atoms with Crippen LogP contribution in [0, 0.1) is 6.92 Å². The van der Waals surface area contributed by atoms with Crippen molar-refractivity contribution >= 4 is 23.7 Å². The number of aromatic nitrogens is 2. The number of aryl methyl sites for hydroxylation is 1. The van der Waals surface area contributed by atoms with Crippen molar-refractivity contribution in [1.82, 2.24) is 9.97 Å². The molecule has 0 unspecified atom stereocenters. The summed E-state index contributed by atoms with van der Waals surface area (Å²) in [6.45, 7) is 2.22. The molecule has 1 N–H and O–H groups in total. The molecule has 0 bridgehead atoms. The summed E-state index contributed by atoms with van der Waals surface area (Å²) in [6.07, 6.45) is 3.96. The molecule has 0 saturated heterocycles. The number of aldehydes is 1. The van der Waals surface area contributed by atoms with Crippen molar-refractivity contribution in [2.24, 2.45) is 0 Å². The number of hydrogen-bond donors (Lipinski definition) is 1. The summed E-state index contributed by atoms with van der Waals surface area (Å²) in [5.74, 6) is 1.07. The number of hydrogen-bond acceptors (Lipinski definition) is 5. The van der Waals surface area contributed by atoms with Crippen molar-refractivity contribution in [3.05, 3.63) is 16.5 Å². The molecule has 0 atom stereocenters. The van der Waals surface area contributed by atoms with Gasteiger partial charge in [-0.2, -0.15) is 0 Å². The summed E-state index contributed by atoms with van der Waals surface area (Å²) >= 11 is 5.97. The summed E-state index contributed by atoms with van der Waals surface area (Å²) in [6, 6.07) is 0.334. The fourth-order valence-corrected chi connectivity index (χ4v) is 2.37. The van der Waals surface area contributed by atoms with Crippen LogP contribution in [0.25, 0.3) is 0 Å². The summed E-state index contributed by atoms with van der Waals surface area (Å²) < 4.78 is 0. The zero-order chi connectivity index (χ0) is 13.1. The Balaban J connectivity index is 2.41. The van der Waals surface area contributed by atoms with Crippen LogP contribution in [0.4, 0.5) is 5.82 Å². The van der Waals surface area contributed by atoms with Crippen molar-refractivity contribution in [3.63, 3.8) is 0 Å². The molecule has 1 saturated carbocycles. The third kappa shape index (κ3) is 2.47. The maximum atomic E-state index is 11.1. The normalized spacial score (nSPS) is 15.3. The van der Waals surface area contributed by atoms with Gasteiger partial charge in [-0.1, -0.05) is 11.6 Å². The average molecular weight is 270 g/mol. The standard InChI is InChI=1S/C12H16ClN3O2/c1-8-14-11(13)10(7-18)12(15-8)16(5-6-17)9-3-2-4-9/h7,9,17H,2-6H2,1H3. The molecule has 1 heterocycles.